The highest BCUT2D eigenvalue weighted by atomic mass is 16.2. The van der Waals surface area contributed by atoms with Crippen LogP contribution in [0.4, 0.5) is 10.5 Å². The van der Waals surface area contributed by atoms with Crippen molar-refractivity contribution in [3.63, 3.8) is 0 Å². The highest BCUT2D eigenvalue weighted by Gasteiger charge is 2.28. The second kappa shape index (κ2) is 5.87. The van der Waals surface area contributed by atoms with Crippen LogP contribution in [0.15, 0.2) is 24.3 Å². The molecule has 4 heteroatoms. The van der Waals surface area contributed by atoms with Crippen LogP contribution in [0.3, 0.4) is 0 Å². The first-order valence-corrected chi connectivity index (χ1v) is 6.55. The second-order valence-corrected chi connectivity index (χ2v) is 4.87. The fourth-order valence-electron chi connectivity index (χ4n) is 2.21. The van der Waals surface area contributed by atoms with Gasteiger partial charge in [-0.2, -0.15) is 0 Å². The molecule has 0 unspecified atom stereocenters. The van der Waals surface area contributed by atoms with Gasteiger partial charge in [-0.25, -0.2) is 4.79 Å². The summed E-state index contributed by atoms with van der Waals surface area (Å²) in [6, 6.07) is 8.18. The maximum absolute atomic E-state index is 12.2. The Bertz CT molecular complexity index is 415. The fraction of sp³-hybridized carbons (Fsp3) is 0.500. The van der Waals surface area contributed by atoms with Crippen molar-refractivity contribution in [2.45, 2.75) is 32.2 Å². The van der Waals surface area contributed by atoms with Crippen molar-refractivity contribution in [3.05, 3.63) is 29.8 Å². The molecule has 4 nitrogen and oxygen atoms in total. The fourth-order valence-corrected chi connectivity index (χ4v) is 2.21. The molecule has 3 N–H and O–H groups in total. The third-order valence-corrected chi connectivity index (χ3v) is 3.42. The summed E-state index contributed by atoms with van der Waals surface area (Å²) in [6.45, 7) is 3.15. The van der Waals surface area contributed by atoms with Crippen molar-refractivity contribution in [2.24, 2.45) is 5.73 Å². The van der Waals surface area contributed by atoms with Gasteiger partial charge >= 0.3 is 6.03 Å². The van der Waals surface area contributed by atoms with Gasteiger partial charge in [0.1, 0.15) is 0 Å². The molecule has 0 radical (unpaired) electrons. The summed E-state index contributed by atoms with van der Waals surface area (Å²) in [7, 11) is 0. The van der Waals surface area contributed by atoms with Gasteiger partial charge in [0.2, 0.25) is 0 Å². The monoisotopic (exact) mass is 247 g/mol. The molecule has 18 heavy (non-hydrogen) atoms. The van der Waals surface area contributed by atoms with E-state index in [-0.39, 0.29) is 6.03 Å². The molecule has 0 atom stereocenters. The molecule has 2 amide bonds. The molecular weight excluding hydrogens is 226 g/mol. The quantitative estimate of drug-likeness (QED) is 0.858. The number of amides is 2. The predicted octanol–water partition coefficient (Wildman–Crippen LogP) is 2.34. The van der Waals surface area contributed by atoms with E-state index in [1.165, 1.54) is 6.42 Å². The van der Waals surface area contributed by atoms with E-state index in [0.717, 1.165) is 24.1 Å². The maximum atomic E-state index is 12.2. The van der Waals surface area contributed by atoms with E-state index in [2.05, 4.69) is 5.32 Å². The number of nitrogens with one attached hydrogen (secondary N) is 1. The smallest absolute Gasteiger partial charge is 0.322 e. The Hall–Kier alpha value is -1.55. The van der Waals surface area contributed by atoms with Gasteiger partial charge in [0.05, 0.1) is 0 Å². The van der Waals surface area contributed by atoms with Gasteiger partial charge in [-0.05, 0) is 43.9 Å². The second-order valence-electron chi connectivity index (χ2n) is 4.87. The Balaban J connectivity index is 2.00. The van der Waals surface area contributed by atoms with Gasteiger partial charge < -0.3 is 16.0 Å². The predicted molar refractivity (Wildman–Crippen MR) is 73.6 cm³/mol. The third kappa shape index (κ3) is 3.01. The summed E-state index contributed by atoms with van der Waals surface area (Å²) in [5.41, 5.74) is 7.57. The van der Waals surface area contributed by atoms with E-state index in [9.17, 15) is 4.79 Å². The van der Waals surface area contributed by atoms with Gasteiger partial charge in [-0.3, -0.25) is 0 Å². The molecule has 0 aromatic heterocycles. The largest absolute Gasteiger partial charge is 0.329 e. The minimum absolute atomic E-state index is 0.0317. The zero-order valence-corrected chi connectivity index (χ0v) is 10.9. The molecule has 98 valence electrons. The van der Waals surface area contributed by atoms with Crippen LogP contribution in [-0.4, -0.2) is 30.1 Å². The zero-order chi connectivity index (χ0) is 13.0. The summed E-state index contributed by atoms with van der Waals surface area (Å²) in [5.74, 6) is 0. The first-order valence-electron chi connectivity index (χ1n) is 6.55. The van der Waals surface area contributed by atoms with E-state index in [1.54, 1.807) is 0 Å². The molecule has 1 aromatic carbocycles. The molecule has 0 saturated heterocycles. The Morgan fingerprint density at radius 2 is 2.28 bits per heavy atom. The van der Waals surface area contributed by atoms with E-state index in [0.29, 0.717) is 19.1 Å². The summed E-state index contributed by atoms with van der Waals surface area (Å²) in [6.07, 6.45) is 3.41. The average molecular weight is 247 g/mol. The van der Waals surface area contributed by atoms with Crippen LogP contribution in [-0.2, 0) is 0 Å². The molecule has 1 aromatic rings. The number of benzene rings is 1. The van der Waals surface area contributed by atoms with Crippen molar-refractivity contribution >= 4 is 11.7 Å². The lowest BCUT2D eigenvalue weighted by Crippen LogP contribution is -2.48. The first-order chi connectivity index (χ1) is 8.70. The number of hydrogen-bond acceptors (Lipinski definition) is 2. The van der Waals surface area contributed by atoms with Crippen LogP contribution in [0, 0.1) is 6.92 Å². The Morgan fingerprint density at radius 1 is 1.50 bits per heavy atom. The van der Waals surface area contributed by atoms with Crippen LogP contribution >= 0.6 is 0 Å². The van der Waals surface area contributed by atoms with E-state index in [4.69, 9.17) is 5.73 Å². The van der Waals surface area contributed by atoms with Gasteiger partial charge in [-0.1, -0.05) is 12.1 Å². The lowest BCUT2D eigenvalue weighted by molar-refractivity contribution is 0.151. The number of carbonyl (C=O) groups excluding carboxylic acids is 1. The minimum Gasteiger partial charge on any atom is -0.329 e. The molecule has 2 rings (SSSR count). The van der Waals surface area contributed by atoms with Gasteiger partial charge in [0.15, 0.2) is 0 Å². The van der Waals surface area contributed by atoms with Crippen molar-refractivity contribution < 1.29 is 4.79 Å². The summed E-state index contributed by atoms with van der Waals surface area (Å²) < 4.78 is 0. The standard InChI is InChI=1S/C14H21N3O/c1-11-4-2-5-12(10-11)16-14(18)17(9-8-15)13-6-3-7-13/h2,4-5,10,13H,3,6-9,15H2,1H3,(H,16,18). The number of anilines is 1. The highest BCUT2D eigenvalue weighted by molar-refractivity contribution is 5.89. The normalized spacial score (nSPS) is 15.0. The summed E-state index contributed by atoms with van der Waals surface area (Å²) >= 11 is 0. The topological polar surface area (TPSA) is 58.4 Å². The highest BCUT2D eigenvalue weighted by Crippen LogP contribution is 2.25. The molecule has 1 aliphatic carbocycles. The lowest BCUT2D eigenvalue weighted by Gasteiger charge is -2.37. The van der Waals surface area contributed by atoms with E-state index in [1.807, 2.05) is 36.1 Å². The Morgan fingerprint density at radius 3 is 2.83 bits per heavy atom. The average Bonchev–Trinajstić information content (AvgIpc) is 2.26. The minimum atomic E-state index is -0.0317. The molecule has 0 heterocycles. The molecule has 0 aliphatic heterocycles. The Kier molecular flexibility index (Phi) is 4.20. The van der Waals surface area contributed by atoms with Crippen molar-refractivity contribution in [2.75, 3.05) is 18.4 Å². The van der Waals surface area contributed by atoms with E-state index >= 15 is 0 Å². The number of carbonyl (C=O) groups is 1. The van der Waals surface area contributed by atoms with Crippen LogP contribution in [0.1, 0.15) is 24.8 Å². The van der Waals surface area contributed by atoms with Gasteiger partial charge in [0, 0.05) is 24.8 Å². The van der Waals surface area contributed by atoms with Crippen LogP contribution < -0.4 is 11.1 Å². The molecule has 0 bridgehead atoms. The number of hydrogen-bond donors (Lipinski definition) is 2. The zero-order valence-electron chi connectivity index (χ0n) is 10.9. The molecule has 0 spiro atoms. The SMILES string of the molecule is Cc1cccc(NC(=O)N(CCN)C2CCC2)c1. The number of rotatable bonds is 4. The van der Waals surface area contributed by atoms with Gasteiger partial charge in [0.25, 0.3) is 0 Å². The van der Waals surface area contributed by atoms with Crippen LogP contribution in [0.25, 0.3) is 0 Å². The Labute approximate surface area is 108 Å². The number of nitrogens with zero attached hydrogens (tertiary/aromatic N) is 1. The molecule has 1 aliphatic rings. The first kappa shape index (κ1) is 12.9. The molecular formula is C14H21N3O. The summed E-state index contributed by atoms with van der Waals surface area (Å²) in [4.78, 5) is 14.1. The van der Waals surface area contributed by atoms with Crippen molar-refractivity contribution in [3.8, 4) is 0 Å². The lowest BCUT2D eigenvalue weighted by atomic mass is 9.91. The molecule has 1 fully saturated rings. The molecule has 1 saturated carbocycles. The summed E-state index contributed by atoms with van der Waals surface area (Å²) in [5, 5.41) is 2.95. The maximum Gasteiger partial charge on any atom is 0.322 e. The third-order valence-electron chi connectivity index (χ3n) is 3.42. The van der Waals surface area contributed by atoms with Crippen molar-refractivity contribution in [1.29, 1.82) is 0 Å². The number of nitrogens with two attached hydrogens (primary N) is 1. The number of urea groups is 1. The van der Waals surface area contributed by atoms with E-state index < -0.39 is 0 Å². The van der Waals surface area contributed by atoms with Crippen LogP contribution in [0.2, 0.25) is 0 Å². The number of aryl methyl sites for hydroxylation is 1. The van der Waals surface area contributed by atoms with Crippen LogP contribution in [0.5, 0.6) is 0 Å². The van der Waals surface area contributed by atoms with Crippen molar-refractivity contribution in [1.82, 2.24) is 4.90 Å². The van der Waals surface area contributed by atoms with Gasteiger partial charge in [-0.15, -0.1) is 0 Å².